The molecule has 0 amide bonds. The number of benzene rings is 2. The fraction of sp³-hybridized carbons (Fsp3) is 0.385. The van der Waals surface area contributed by atoms with Crippen LogP contribution in [-0.4, -0.2) is 73.2 Å². The van der Waals surface area contributed by atoms with E-state index in [0.29, 0.717) is 49.0 Å². The highest BCUT2D eigenvalue weighted by atomic mass is 35.5. The minimum Gasteiger partial charge on any atom is -0.483 e. The molecule has 9 nitrogen and oxygen atoms in total. The van der Waals surface area contributed by atoms with Gasteiger partial charge in [0.25, 0.3) is 10.2 Å². The molecule has 11 heteroatoms. The molecule has 1 aliphatic carbocycles. The zero-order valence-electron chi connectivity index (χ0n) is 20.9. The Bertz CT molecular complexity index is 1450. The lowest BCUT2D eigenvalue weighted by Gasteiger charge is -2.37. The van der Waals surface area contributed by atoms with Crippen molar-refractivity contribution in [1.82, 2.24) is 18.4 Å². The molecule has 2 aromatic carbocycles. The molecule has 1 aliphatic heterocycles. The normalized spacial score (nSPS) is 18.6. The molecule has 5 rings (SSSR count). The van der Waals surface area contributed by atoms with Gasteiger partial charge in [0.15, 0.2) is 0 Å². The number of aromatic nitrogens is 2. The molecule has 0 N–H and O–H groups in total. The van der Waals surface area contributed by atoms with Gasteiger partial charge in [-0.2, -0.15) is 26.8 Å². The number of nitrogens with zero attached hydrogens (tertiary/aromatic N) is 5. The maximum absolute atomic E-state index is 13.8. The minimum atomic E-state index is -3.51. The Morgan fingerprint density at radius 3 is 2.46 bits per heavy atom. The van der Waals surface area contributed by atoms with Gasteiger partial charge < -0.3 is 9.64 Å². The molecular formula is C26H30ClN5O4S. The molecule has 196 valence electrons. The largest absolute Gasteiger partial charge is 0.483 e. The van der Waals surface area contributed by atoms with Crippen LogP contribution in [0.2, 0.25) is 5.02 Å². The van der Waals surface area contributed by atoms with E-state index >= 15 is 0 Å². The second-order valence-electron chi connectivity index (χ2n) is 9.48. The second-order valence-corrected chi connectivity index (χ2v) is 12.1. The fourth-order valence-corrected chi connectivity index (χ4v) is 6.15. The van der Waals surface area contributed by atoms with E-state index in [-0.39, 0.29) is 17.4 Å². The van der Waals surface area contributed by atoms with E-state index in [0.717, 1.165) is 12.8 Å². The third kappa shape index (κ3) is 5.24. The van der Waals surface area contributed by atoms with Crippen LogP contribution in [0.5, 0.6) is 5.75 Å². The van der Waals surface area contributed by atoms with Crippen LogP contribution in [-0.2, 0) is 23.1 Å². The molecule has 2 heterocycles. The first-order chi connectivity index (χ1) is 17.7. The van der Waals surface area contributed by atoms with E-state index in [2.05, 4.69) is 17.2 Å². The summed E-state index contributed by atoms with van der Waals surface area (Å²) in [7, 11) is -0.461. The van der Waals surface area contributed by atoms with Crippen molar-refractivity contribution in [3.63, 3.8) is 0 Å². The highest BCUT2D eigenvalue weighted by Gasteiger charge is 2.31. The monoisotopic (exact) mass is 543 g/mol. The minimum absolute atomic E-state index is 0.160. The van der Waals surface area contributed by atoms with Crippen LogP contribution in [0.1, 0.15) is 17.5 Å². The average Bonchev–Trinajstić information content (AvgIpc) is 2.89. The summed E-state index contributed by atoms with van der Waals surface area (Å²) in [4.78, 5) is 15.7. The molecule has 1 unspecified atom stereocenters. The number of hydrogen-bond acceptors (Lipinski definition) is 6. The third-order valence-electron chi connectivity index (χ3n) is 6.92. The smallest absolute Gasteiger partial charge is 0.316 e. The van der Waals surface area contributed by atoms with Crippen molar-refractivity contribution in [1.29, 1.82) is 0 Å². The van der Waals surface area contributed by atoms with Crippen molar-refractivity contribution in [3.8, 4) is 11.4 Å². The fourth-order valence-electron chi connectivity index (χ4n) is 4.88. The van der Waals surface area contributed by atoms with Gasteiger partial charge in [0.05, 0.1) is 11.9 Å². The van der Waals surface area contributed by atoms with Gasteiger partial charge in [0.2, 0.25) is 5.75 Å². The zero-order valence-corrected chi connectivity index (χ0v) is 22.5. The summed E-state index contributed by atoms with van der Waals surface area (Å²) in [6, 6.07) is 15.3. The topological polar surface area (TPSA) is 88.0 Å². The van der Waals surface area contributed by atoms with Gasteiger partial charge in [0, 0.05) is 51.7 Å². The van der Waals surface area contributed by atoms with Gasteiger partial charge in [0.1, 0.15) is 11.8 Å². The lowest BCUT2D eigenvalue weighted by atomic mass is 9.90. The maximum Gasteiger partial charge on any atom is 0.316 e. The van der Waals surface area contributed by atoms with Gasteiger partial charge in [-0.1, -0.05) is 41.9 Å². The molecule has 0 radical (unpaired) electrons. The van der Waals surface area contributed by atoms with Crippen LogP contribution in [0.25, 0.3) is 5.69 Å². The SMILES string of the molecule is CN(C)S(=O)(=O)N1CCN(c2cnn(-c3cccc(Cl)c3)c(=O)c2OC2CCc3ccccc3C2)CC1. The van der Waals surface area contributed by atoms with Crippen molar-refractivity contribution < 1.29 is 13.2 Å². The van der Waals surface area contributed by atoms with E-state index in [1.54, 1.807) is 30.5 Å². The summed E-state index contributed by atoms with van der Waals surface area (Å²) in [6.07, 6.45) is 3.86. The van der Waals surface area contributed by atoms with Gasteiger partial charge in [-0.3, -0.25) is 4.79 Å². The predicted molar refractivity (Wildman–Crippen MR) is 144 cm³/mol. The summed E-state index contributed by atoms with van der Waals surface area (Å²) in [5, 5.41) is 4.93. The summed E-state index contributed by atoms with van der Waals surface area (Å²) in [5.74, 6) is 0.225. The van der Waals surface area contributed by atoms with Crippen molar-refractivity contribution in [2.24, 2.45) is 0 Å². The quantitative estimate of drug-likeness (QED) is 0.475. The highest BCUT2D eigenvalue weighted by Crippen LogP contribution is 2.30. The Kier molecular flexibility index (Phi) is 7.26. The molecule has 1 atom stereocenters. The first-order valence-electron chi connectivity index (χ1n) is 12.3. The van der Waals surface area contributed by atoms with Gasteiger partial charge in [-0.15, -0.1) is 0 Å². The molecule has 37 heavy (non-hydrogen) atoms. The van der Waals surface area contributed by atoms with Crippen molar-refractivity contribution in [2.75, 3.05) is 45.2 Å². The molecule has 0 saturated carbocycles. The van der Waals surface area contributed by atoms with Crippen LogP contribution in [0.3, 0.4) is 0 Å². The lowest BCUT2D eigenvalue weighted by Crippen LogP contribution is -2.52. The first kappa shape index (κ1) is 25.7. The van der Waals surface area contributed by atoms with Crippen LogP contribution in [0.4, 0.5) is 5.69 Å². The number of ether oxygens (including phenoxy) is 1. The number of hydrogen-bond donors (Lipinski definition) is 0. The van der Waals surface area contributed by atoms with Gasteiger partial charge in [-0.05, 0) is 42.2 Å². The van der Waals surface area contributed by atoms with Crippen molar-refractivity contribution in [2.45, 2.75) is 25.4 Å². The Labute approximate surface area is 222 Å². The molecule has 0 spiro atoms. The Morgan fingerprint density at radius 2 is 1.76 bits per heavy atom. The van der Waals surface area contributed by atoms with Crippen molar-refractivity contribution in [3.05, 3.63) is 81.2 Å². The van der Waals surface area contributed by atoms with Gasteiger partial charge >= 0.3 is 5.56 Å². The molecule has 0 bridgehead atoms. The average molecular weight is 544 g/mol. The third-order valence-corrected chi connectivity index (χ3v) is 9.10. The molecule has 3 aromatic rings. The van der Waals surface area contributed by atoms with Crippen LogP contribution in [0, 0.1) is 0 Å². The number of fused-ring (bicyclic) bond motifs is 1. The number of piperazine rings is 1. The Morgan fingerprint density at radius 1 is 1.03 bits per heavy atom. The van der Waals surface area contributed by atoms with Crippen LogP contribution < -0.4 is 15.2 Å². The van der Waals surface area contributed by atoms with E-state index in [1.807, 2.05) is 17.0 Å². The standard InChI is InChI=1S/C26H30ClN5O4S/c1-29(2)37(34,35)31-14-12-30(13-15-31)24-18-28-32(22-9-5-8-21(27)17-22)26(33)25(24)36-23-11-10-19-6-3-4-7-20(19)16-23/h3-9,17-18,23H,10-16H2,1-2H3. The molecule has 1 aromatic heterocycles. The second kappa shape index (κ2) is 10.4. The van der Waals surface area contributed by atoms with E-state index in [4.69, 9.17) is 16.3 Å². The number of rotatable bonds is 6. The summed E-state index contributed by atoms with van der Waals surface area (Å²) in [5.41, 5.74) is 3.29. The Balaban J connectivity index is 1.47. The first-order valence-corrected chi connectivity index (χ1v) is 14.1. The Hall–Kier alpha value is -2.92. The predicted octanol–water partition coefficient (Wildman–Crippen LogP) is 2.75. The number of aryl methyl sites for hydroxylation is 1. The zero-order chi connectivity index (χ0) is 26.2. The number of halogens is 1. The van der Waals surface area contributed by atoms with Crippen molar-refractivity contribution >= 4 is 27.5 Å². The molecule has 1 saturated heterocycles. The van der Waals surface area contributed by atoms with E-state index in [9.17, 15) is 13.2 Å². The number of anilines is 1. The summed E-state index contributed by atoms with van der Waals surface area (Å²) >= 11 is 6.18. The van der Waals surface area contributed by atoms with E-state index in [1.165, 1.54) is 38.5 Å². The molecule has 2 aliphatic rings. The summed E-state index contributed by atoms with van der Waals surface area (Å²) in [6.45, 7) is 1.43. The molecule has 1 fully saturated rings. The van der Waals surface area contributed by atoms with Crippen LogP contribution >= 0.6 is 11.6 Å². The molecular weight excluding hydrogens is 514 g/mol. The lowest BCUT2D eigenvalue weighted by molar-refractivity contribution is 0.181. The maximum atomic E-state index is 13.8. The van der Waals surface area contributed by atoms with Crippen LogP contribution in [0.15, 0.2) is 59.5 Å². The highest BCUT2D eigenvalue weighted by molar-refractivity contribution is 7.86. The summed E-state index contributed by atoms with van der Waals surface area (Å²) < 4.78 is 35.6. The van der Waals surface area contributed by atoms with Gasteiger partial charge in [-0.25, -0.2) is 0 Å². The van der Waals surface area contributed by atoms with E-state index < -0.39 is 10.2 Å².